The van der Waals surface area contributed by atoms with E-state index in [-0.39, 0.29) is 25.1 Å². The number of carbonyl (C=O) groups is 3. The number of rotatable bonds is 4. The fraction of sp³-hybridized carbons (Fsp3) is 0.700. The molecule has 0 spiro atoms. The van der Waals surface area contributed by atoms with Crippen molar-refractivity contribution < 1.29 is 19.1 Å². The highest BCUT2D eigenvalue weighted by atomic mass is 16.5. The van der Waals surface area contributed by atoms with Crippen LogP contribution < -0.4 is 16.0 Å². The lowest BCUT2D eigenvalue weighted by Gasteiger charge is -2.23. The van der Waals surface area contributed by atoms with Crippen LogP contribution in [0.2, 0.25) is 0 Å². The molecular formula is C10H17N3O4. The highest BCUT2D eigenvalue weighted by Gasteiger charge is 2.19. The molecule has 1 rings (SSSR count). The van der Waals surface area contributed by atoms with Gasteiger partial charge in [-0.05, 0) is 13.3 Å². The molecule has 0 radical (unpaired) electrons. The van der Waals surface area contributed by atoms with Gasteiger partial charge in [-0.3, -0.25) is 9.59 Å². The Morgan fingerprint density at radius 1 is 1.53 bits per heavy atom. The maximum absolute atomic E-state index is 11.4. The van der Waals surface area contributed by atoms with Crippen LogP contribution in [0.4, 0.5) is 4.79 Å². The number of amides is 3. The molecule has 0 aliphatic carbocycles. The van der Waals surface area contributed by atoms with E-state index in [0.717, 1.165) is 0 Å². The summed E-state index contributed by atoms with van der Waals surface area (Å²) in [6, 6.07) is -0.519. The lowest BCUT2D eigenvalue weighted by atomic mass is 10.1. The van der Waals surface area contributed by atoms with Gasteiger partial charge in [-0.1, -0.05) is 0 Å². The third-order valence-electron chi connectivity index (χ3n) is 2.30. The van der Waals surface area contributed by atoms with Crippen LogP contribution in [0.5, 0.6) is 0 Å². The van der Waals surface area contributed by atoms with Gasteiger partial charge in [-0.25, -0.2) is 4.79 Å². The molecule has 1 unspecified atom stereocenters. The standard InChI is InChI=1S/C10H17N3O4/c1-2-17-9(15)6-12-10(16)13-7-3-4-8(14)11-5-7/h7H,2-6H2,1H3,(H,11,14)(H2,12,13,16). The number of piperidine rings is 1. The van der Waals surface area contributed by atoms with Gasteiger partial charge in [0.2, 0.25) is 5.91 Å². The second-order valence-corrected chi connectivity index (χ2v) is 3.67. The molecule has 0 bridgehead atoms. The van der Waals surface area contributed by atoms with Crippen molar-refractivity contribution in [1.82, 2.24) is 16.0 Å². The molecule has 1 aliphatic heterocycles. The minimum atomic E-state index is -0.473. The van der Waals surface area contributed by atoms with E-state index in [2.05, 4.69) is 20.7 Å². The molecule has 1 saturated heterocycles. The SMILES string of the molecule is CCOC(=O)CNC(=O)NC1CCC(=O)NC1. The molecule has 0 aromatic heterocycles. The molecular weight excluding hydrogens is 226 g/mol. The number of hydrogen-bond acceptors (Lipinski definition) is 4. The molecule has 0 aromatic rings. The monoisotopic (exact) mass is 243 g/mol. The van der Waals surface area contributed by atoms with E-state index in [1.807, 2.05) is 0 Å². The van der Waals surface area contributed by atoms with Crippen molar-refractivity contribution in [3.8, 4) is 0 Å². The predicted molar refractivity (Wildman–Crippen MR) is 59.2 cm³/mol. The van der Waals surface area contributed by atoms with E-state index in [1.165, 1.54) is 0 Å². The van der Waals surface area contributed by atoms with Gasteiger partial charge in [0.15, 0.2) is 0 Å². The van der Waals surface area contributed by atoms with Crippen molar-refractivity contribution in [3.63, 3.8) is 0 Å². The van der Waals surface area contributed by atoms with Crippen LogP contribution in [0.3, 0.4) is 0 Å². The summed E-state index contributed by atoms with van der Waals surface area (Å²) < 4.78 is 4.66. The third kappa shape index (κ3) is 5.19. The molecule has 0 aromatic carbocycles. The summed E-state index contributed by atoms with van der Waals surface area (Å²) in [5, 5.41) is 7.70. The van der Waals surface area contributed by atoms with Gasteiger partial charge in [-0.2, -0.15) is 0 Å². The van der Waals surface area contributed by atoms with Gasteiger partial charge in [0, 0.05) is 19.0 Å². The molecule has 1 aliphatic rings. The summed E-state index contributed by atoms with van der Waals surface area (Å²) in [4.78, 5) is 33.2. The Labute approximate surface area is 99.3 Å². The Kier molecular flexibility index (Phi) is 5.25. The van der Waals surface area contributed by atoms with E-state index in [1.54, 1.807) is 6.92 Å². The molecule has 1 heterocycles. The second kappa shape index (κ2) is 6.72. The zero-order valence-electron chi connectivity index (χ0n) is 9.75. The normalized spacial score (nSPS) is 19.1. The van der Waals surface area contributed by atoms with Crippen molar-refractivity contribution in [2.75, 3.05) is 19.7 Å². The largest absolute Gasteiger partial charge is 0.465 e. The minimum absolute atomic E-state index is 0.00465. The fourth-order valence-electron chi connectivity index (χ4n) is 1.46. The summed E-state index contributed by atoms with van der Waals surface area (Å²) in [5.41, 5.74) is 0. The Morgan fingerprint density at radius 2 is 2.29 bits per heavy atom. The smallest absolute Gasteiger partial charge is 0.325 e. The summed E-state index contributed by atoms with van der Waals surface area (Å²) in [6.45, 7) is 2.25. The molecule has 7 heteroatoms. The second-order valence-electron chi connectivity index (χ2n) is 3.67. The summed E-state index contributed by atoms with van der Waals surface area (Å²) in [5.74, 6) is -0.477. The van der Waals surface area contributed by atoms with Crippen molar-refractivity contribution >= 4 is 17.9 Å². The Bertz CT molecular complexity index is 296. The number of ether oxygens (including phenoxy) is 1. The summed E-state index contributed by atoms with van der Waals surface area (Å²) >= 11 is 0. The highest BCUT2D eigenvalue weighted by Crippen LogP contribution is 2.01. The van der Waals surface area contributed by atoms with Gasteiger partial charge >= 0.3 is 12.0 Å². The Balaban J connectivity index is 2.16. The van der Waals surface area contributed by atoms with Crippen molar-refractivity contribution in [2.45, 2.75) is 25.8 Å². The first-order chi connectivity index (χ1) is 8.11. The summed E-state index contributed by atoms with van der Waals surface area (Å²) in [7, 11) is 0. The maximum atomic E-state index is 11.4. The Hall–Kier alpha value is -1.79. The number of nitrogens with one attached hydrogen (secondary N) is 3. The molecule has 17 heavy (non-hydrogen) atoms. The van der Waals surface area contributed by atoms with Crippen LogP contribution in [0.1, 0.15) is 19.8 Å². The number of carbonyl (C=O) groups excluding carboxylic acids is 3. The third-order valence-corrected chi connectivity index (χ3v) is 2.30. The fourth-order valence-corrected chi connectivity index (χ4v) is 1.46. The molecule has 3 amide bonds. The van der Waals surface area contributed by atoms with Crippen molar-refractivity contribution in [2.24, 2.45) is 0 Å². The quantitative estimate of drug-likeness (QED) is 0.559. The van der Waals surface area contributed by atoms with Crippen LogP contribution in [0.15, 0.2) is 0 Å². The predicted octanol–water partition coefficient (Wildman–Crippen LogP) is -0.873. The van der Waals surface area contributed by atoms with E-state index in [0.29, 0.717) is 19.4 Å². The van der Waals surface area contributed by atoms with Gasteiger partial charge in [0.25, 0.3) is 0 Å². The molecule has 1 atom stereocenters. The molecule has 1 fully saturated rings. The molecule has 0 saturated carbocycles. The van der Waals surface area contributed by atoms with E-state index >= 15 is 0 Å². The Morgan fingerprint density at radius 3 is 2.88 bits per heavy atom. The van der Waals surface area contributed by atoms with Gasteiger partial charge in [-0.15, -0.1) is 0 Å². The average molecular weight is 243 g/mol. The van der Waals surface area contributed by atoms with Crippen LogP contribution in [0.25, 0.3) is 0 Å². The minimum Gasteiger partial charge on any atom is -0.465 e. The maximum Gasteiger partial charge on any atom is 0.325 e. The first-order valence-electron chi connectivity index (χ1n) is 5.58. The zero-order chi connectivity index (χ0) is 12.7. The molecule has 3 N–H and O–H groups in total. The van der Waals surface area contributed by atoms with Crippen molar-refractivity contribution in [3.05, 3.63) is 0 Å². The summed E-state index contributed by atoms with van der Waals surface area (Å²) in [6.07, 6.45) is 1.02. The van der Waals surface area contributed by atoms with E-state index in [4.69, 9.17) is 0 Å². The van der Waals surface area contributed by atoms with Gasteiger partial charge in [0.1, 0.15) is 6.54 Å². The number of hydrogen-bond donors (Lipinski definition) is 3. The lowest BCUT2D eigenvalue weighted by molar-refractivity contribution is -0.141. The first kappa shape index (κ1) is 13.3. The first-order valence-corrected chi connectivity index (χ1v) is 5.58. The van der Waals surface area contributed by atoms with Crippen LogP contribution in [0, 0.1) is 0 Å². The average Bonchev–Trinajstić information content (AvgIpc) is 2.30. The van der Waals surface area contributed by atoms with Crippen LogP contribution in [-0.2, 0) is 14.3 Å². The van der Waals surface area contributed by atoms with E-state index in [9.17, 15) is 14.4 Å². The zero-order valence-corrected chi connectivity index (χ0v) is 9.75. The lowest BCUT2D eigenvalue weighted by Crippen LogP contribution is -2.51. The van der Waals surface area contributed by atoms with Crippen LogP contribution >= 0.6 is 0 Å². The topological polar surface area (TPSA) is 96.5 Å². The van der Waals surface area contributed by atoms with E-state index < -0.39 is 12.0 Å². The van der Waals surface area contributed by atoms with Gasteiger partial charge in [0.05, 0.1) is 6.61 Å². The number of esters is 1. The number of urea groups is 1. The molecule has 96 valence electrons. The van der Waals surface area contributed by atoms with Crippen LogP contribution in [-0.4, -0.2) is 43.6 Å². The van der Waals surface area contributed by atoms with Gasteiger partial charge < -0.3 is 20.7 Å². The van der Waals surface area contributed by atoms with Crippen molar-refractivity contribution in [1.29, 1.82) is 0 Å². The molecule has 7 nitrogen and oxygen atoms in total. The highest BCUT2D eigenvalue weighted by molar-refractivity contribution is 5.81.